The van der Waals surface area contributed by atoms with Gasteiger partial charge in [0.1, 0.15) is 5.82 Å². The Bertz CT molecular complexity index is 735. The Labute approximate surface area is 120 Å². The van der Waals surface area contributed by atoms with Gasteiger partial charge in [-0.15, -0.1) is 0 Å². The molecular formula is C15H14BrN3. The number of aromatic amines is 1. The van der Waals surface area contributed by atoms with Crippen LogP contribution in [0.15, 0.2) is 34.8 Å². The largest absolute Gasteiger partial charge is 0.398 e. The zero-order chi connectivity index (χ0) is 13.6. The van der Waals surface area contributed by atoms with E-state index < -0.39 is 0 Å². The zero-order valence-electron chi connectivity index (χ0n) is 10.8. The SMILES string of the molecule is Cc1cc2nc(-c3cc(Br)ccc3N)[nH]c2cc1C. The number of benzene rings is 2. The number of imidazole rings is 1. The van der Waals surface area contributed by atoms with Crippen molar-refractivity contribution in [2.75, 3.05) is 5.73 Å². The minimum Gasteiger partial charge on any atom is -0.398 e. The number of aromatic nitrogens is 2. The fourth-order valence-electron chi connectivity index (χ4n) is 2.13. The molecule has 0 radical (unpaired) electrons. The lowest BCUT2D eigenvalue weighted by Gasteiger charge is -2.02. The van der Waals surface area contributed by atoms with Crippen molar-refractivity contribution in [3.63, 3.8) is 0 Å². The van der Waals surface area contributed by atoms with Gasteiger partial charge in [0, 0.05) is 15.7 Å². The maximum atomic E-state index is 6.02. The Morgan fingerprint density at radius 3 is 2.63 bits per heavy atom. The third kappa shape index (κ3) is 2.12. The fraction of sp³-hybridized carbons (Fsp3) is 0.133. The van der Waals surface area contributed by atoms with Crippen LogP contribution in [0.1, 0.15) is 11.1 Å². The van der Waals surface area contributed by atoms with Crippen LogP contribution in [0.25, 0.3) is 22.4 Å². The highest BCUT2D eigenvalue weighted by molar-refractivity contribution is 9.10. The number of fused-ring (bicyclic) bond motifs is 1. The lowest BCUT2D eigenvalue weighted by atomic mass is 10.1. The summed E-state index contributed by atoms with van der Waals surface area (Å²) < 4.78 is 0.990. The molecule has 3 aromatic rings. The number of halogens is 1. The first-order valence-corrected chi connectivity index (χ1v) is 6.86. The van der Waals surface area contributed by atoms with Gasteiger partial charge in [0.05, 0.1) is 11.0 Å². The average molecular weight is 316 g/mol. The lowest BCUT2D eigenvalue weighted by Crippen LogP contribution is -1.91. The molecule has 0 aliphatic rings. The van der Waals surface area contributed by atoms with Crippen molar-refractivity contribution in [3.05, 3.63) is 45.9 Å². The summed E-state index contributed by atoms with van der Waals surface area (Å²) in [7, 11) is 0. The molecule has 0 amide bonds. The molecule has 0 bridgehead atoms. The van der Waals surface area contributed by atoms with Gasteiger partial charge < -0.3 is 10.7 Å². The van der Waals surface area contributed by atoms with E-state index in [1.54, 1.807) is 0 Å². The topological polar surface area (TPSA) is 54.7 Å². The highest BCUT2D eigenvalue weighted by Gasteiger charge is 2.10. The molecule has 0 spiro atoms. The number of nitrogens with one attached hydrogen (secondary N) is 1. The molecule has 96 valence electrons. The molecule has 0 aliphatic carbocycles. The van der Waals surface area contributed by atoms with Gasteiger partial charge >= 0.3 is 0 Å². The summed E-state index contributed by atoms with van der Waals surface area (Å²) in [6.45, 7) is 4.19. The summed E-state index contributed by atoms with van der Waals surface area (Å²) >= 11 is 3.46. The second-order valence-electron chi connectivity index (χ2n) is 4.77. The van der Waals surface area contributed by atoms with Crippen molar-refractivity contribution >= 4 is 32.7 Å². The molecule has 0 saturated carbocycles. The number of aryl methyl sites for hydroxylation is 2. The zero-order valence-corrected chi connectivity index (χ0v) is 12.4. The summed E-state index contributed by atoms with van der Waals surface area (Å²) in [5.41, 5.74) is 12.2. The predicted octanol–water partition coefficient (Wildman–Crippen LogP) is 4.19. The molecule has 0 saturated heterocycles. The molecule has 1 aromatic heterocycles. The van der Waals surface area contributed by atoms with Crippen LogP contribution in [0.4, 0.5) is 5.69 Å². The van der Waals surface area contributed by atoms with Crippen molar-refractivity contribution < 1.29 is 0 Å². The second-order valence-corrected chi connectivity index (χ2v) is 5.69. The smallest absolute Gasteiger partial charge is 0.140 e. The van der Waals surface area contributed by atoms with E-state index in [-0.39, 0.29) is 0 Å². The number of H-pyrrole nitrogens is 1. The summed E-state index contributed by atoms with van der Waals surface area (Å²) in [6.07, 6.45) is 0. The number of nitrogens with two attached hydrogens (primary N) is 1. The lowest BCUT2D eigenvalue weighted by molar-refractivity contribution is 1.33. The Morgan fingerprint density at radius 2 is 1.84 bits per heavy atom. The standard InChI is InChI=1S/C15H14BrN3/c1-8-5-13-14(6-9(8)2)19-15(18-13)11-7-10(16)3-4-12(11)17/h3-7H,17H2,1-2H3,(H,18,19). The predicted molar refractivity (Wildman–Crippen MR) is 83.1 cm³/mol. The maximum Gasteiger partial charge on any atom is 0.140 e. The van der Waals surface area contributed by atoms with Crippen molar-refractivity contribution in [2.45, 2.75) is 13.8 Å². The van der Waals surface area contributed by atoms with Crippen molar-refractivity contribution in [1.29, 1.82) is 0 Å². The van der Waals surface area contributed by atoms with Crippen LogP contribution >= 0.6 is 15.9 Å². The number of nitrogens with zero attached hydrogens (tertiary/aromatic N) is 1. The van der Waals surface area contributed by atoms with Gasteiger partial charge in [-0.3, -0.25) is 0 Å². The molecule has 3 nitrogen and oxygen atoms in total. The van der Waals surface area contributed by atoms with E-state index in [0.717, 1.165) is 32.6 Å². The molecular weight excluding hydrogens is 302 g/mol. The van der Waals surface area contributed by atoms with E-state index in [2.05, 4.69) is 51.9 Å². The molecule has 0 aliphatic heterocycles. The molecule has 0 unspecified atom stereocenters. The van der Waals surface area contributed by atoms with Crippen molar-refractivity contribution in [1.82, 2.24) is 9.97 Å². The van der Waals surface area contributed by atoms with Gasteiger partial charge in [-0.1, -0.05) is 15.9 Å². The molecule has 3 rings (SSSR count). The third-order valence-corrected chi connectivity index (χ3v) is 3.86. The Morgan fingerprint density at radius 1 is 1.11 bits per heavy atom. The maximum absolute atomic E-state index is 6.02. The molecule has 0 atom stereocenters. The van der Waals surface area contributed by atoms with Crippen molar-refractivity contribution in [2.24, 2.45) is 0 Å². The third-order valence-electron chi connectivity index (χ3n) is 3.37. The van der Waals surface area contributed by atoms with E-state index >= 15 is 0 Å². The number of hydrogen-bond donors (Lipinski definition) is 2. The Kier molecular flexibility index (Phi) is 2.82. The van der Waals surface area contributed by atoms with E-state index in [1.165, 1.54) is 11.1 Å². The van der Waals surface area contributed by atoms with Crippen molar-refractivity contribution in [3.8, 4) is 11.4 Å². The van der Waals surface area contributed by atoms with Gasteiger partial charge in [0.15, 0.2) is 0 Å². The van der Waals surface area contributed by atoms with Gasteiger partial charge in [0.25, 0.3) is 0 Å². The summed E-state index contributed by atoms with van der Waals surface area (Å²) in [5, 5.41) is 0. The minimum absolute atomic E-state index is 0.718. The fourth-order valence-corrected chi connectivity index (χ4v) is 2.49. The van der Waals surface area contributed by atoms with Gasteiger partial charge in [-0.25, -0.2) is 4.98 Å². The first kappa shape index (κ1) is 12.2. The monoisotopic (exact) mass is 315 g/mol. The van der Waals surface area contributed by atoms with Gasteiger partial charge in [-0.05, 0) is 55.3 Å². The van der Waals surface area contributed by atoms with Crippen LogP contribution in [0.5, 0.6) is 0 Å². The van der Waals surface area contributed by atoms with Crippen LogP contribution in [0, 0.1) is 13.8 Å². The van der Waals surface area contributed by atoms with E-state index in [9.17, 15) is 0 Å². The first-order chi connectivity index (χ1) is 9.04. The summed E-state index contributed by atoms with van der Waals surface area (Å²) in [5.74, 6) is 0.804. The molecule has 4 heteroatoms. The number of rotatable bonds is 1. The van der Waals surface area contributed by atoms with E-state index in [4.69, 9.17) is 5.73 Å². The van der Waals surface area contributed by atoms with Crippen LogP contribution < -0.4 is 5.73 Å². The minimum atomic E-state index is 0.718. The molecule has 19 heavy (non-hydrogen) atoms. The van der Waals surface area contributed by atoms with Gasteiger partial charge in [0.2, 0.25) is 0 Å². The summed E-state index contributed by atoms with van der Waals surface area (Å²) in [4.78, 5) is 7.97. The highest BCUT2D eigenvalue weighted by atomic mass is 79.9. The van der Waals surface area contributed by atoms with E-state index in [1.807, 2.05) is 18.2 Å². The van der Waals surface area contributed by atoms with Crippen LogP contribution in [0.2, 0.25) is 0 Å². The van der Waals surface area contributed by atoms with E-state index in [0.29, 0.717) is 0 Å². The number of hydrogen-bond acceptors (Lipinski definition) is 2. The molecule has 0 fully saturated rings. The van der Waals surface area contributed by atoms with Crippen LogP contribution in [-0.4, -0.2) is 9.97 Å². The average Bonchev–Trinajstić information content (AvgIpc) is 2.75. The Balaban J connectivity index is 2.23. The molecule has 2 aromatic carbocycles. The Hall–Kier alpha value is -1.81. The highest BCUT2D eigenvalue weighted by Crippen LogP contribution is 2.29. The number of nitrogen functional groups attached to an aromatic ring is 1. The van der Waals surface area contributed by atoms with Crippen LogP contribution in [0.3, 0.4) is 0 Å². The number of anilines is 1. The van der Waals surface area contributed by atoms with Crippen LogP contribution in [-0.2, 0) is 0 Å². The first-order valence-electron chi connectivity index (χ1n) is 6.07. The quantitative estimate of drug-likeness (QED) is 0.661. The second kappa shape index (κ2) is 4.38. The molecule has 3 N–H and O–H groups in total. The molecule has 1 heterocycles. The summed E-state index contributed by atoms with van der Waals surface area (Å²) in [6, 6.07) is 10.00. The normalized spacial score (nSPS) is 11.1. The van der Waals surface area contributed by atoms with Gasteiger partial charge in [-0.2, -0.15) is 0 Å².